The SMILES string of the molecule is COc1cc(OC)cc(C(=O)N2CC(OCc3ccc(F)cc3)C2)c1. The van der Waals surface area contributed by atoms with Crippen LogP contribution in [0.15, 0.2) is 42.5 Å². The molecule has 6 heteroatoms. The molecule has 5 nitrogen and oxygen atoms in total. The number of amides is 1. The Labute approximate surface area is 145 Å². The zero-order chi connectivity index (χ0) is 17.8. The highest BCUT2D eigenvalue weighted by atomic mass is 19.1. The highest BCUT2D eigenvalue weighted by Gasteiger charge is 2.32. The van der Waals surface area contributed by atoms with Gasteiger partial charge in [0.25, 0.3) is 5.91 Å². The van der Waals surface area contributed by atoms with Gasteiger partial charge in [-0.05, 0) is 29.8 Å². The minimum atomic E-state index is -0.266. The minimum absolute atomic E-state index is 0.0125. The van der Waals surface area contributed by atoms with Crippen LogP contribution in [0.4, 0.5) is 4.39 Å². The fourth-order valence-electron chi connectivity index (χ4n) is 2.62. The number of rotatable bonds is 6. The molecule has 0 radical (unpaired) electrons. The first kappa shape index (κ1) is 17.2. The molecule has 0 aromatic heterocycles. The minimum Gasteiger partial charge on any atom is -0.497 e. The van der Waals surface area contributed by atoms with Crippen molar-refractivity contribution in [3.63, 3.8) is 0 Å². The van der Waals surface area contributed by atoms with Gasteiger partial charge in [0, 0.05) is 24.7 Å². The number of carbonyl (C=O) groups is 1. The van der Waals surface area contributed by atoms with Gasteiger partial charge in [0.1, 0.15) is 17.3 Å². The largest absolute Gasteiger partial charge is 0.497 e. The number of methoxy groups -OCH3 is 2. The van der Waals surface area contributed by atoms with Crippen LogP contribution in [0, 0.1) is 5.82 Å². The Bertz CT molecular complexity index is 719. The van der Waals surface area contributed by atoms with Gasteiger partial charge in [-0.25, -0.2) is 4.39 Å². The van der Waals surface area contributed by atoms with Gasteiger partial charge in [-0.3, -0.25) is 4.79 Å². The van der Waals surface area contributed by atoms with Crippen molar-refractivity contribution in [2.75, 3.05) is 27.3 Å². The van der Waals surface area contributed by atoms with Crippen molar-refractivity contribution < 1.29 is 23.4 Å². The third-order valence-electron chi connectivity index (χ3n) is 4.13. The second kappa shape index (κ2) is 7.53. The molecule has 1 heterocycles. The predicted molar refractivity (Wildman–Crippen MR) is 90.4 cm³/mol. The fraction of sp³-hybridized carbons (Fsp3) is 0.316. The zero-order valence-electron chi connectivity index (χ0n) is 14.2. The molecule has 0 bridgehead atoms. The van der Waals surface area contributed by atoms with E-state index in [9.17, 15) is 9.18 Å². The molecule has 2 aromatic rings. The van der Waals surface area contributed by atoms with E-state index in [1.165, 1.54) is 12.1 Å². The molecule has 0 atom stereocenters. The van der Waals surface area contributed by atoms with Gasteiger partial charge < -0.3 is 19.1 Å². The number of hydrogen-bond donors (Lipinski definition) is 0. The van der Waals surface area contributed by atoms with Crippen LogP contribution in [-0.4, -0.2) is 44.2 Å². The number of hydrogen-bond acceptors (Lipinski definition) is 4. The van der Waals surface area contributed by atoms with E-state index in [2.05, 4.69) is 0 Å². The van der Waals surface area contributed by atoms with E-state index < -0.39 is 0 Å². The quantitative estimate of drug-likeness (QED) is 0.808. The number of likely N-dealkylation sites (tertiary alicyclic amines) is 1. The number of nitrogens with zero attached hydrogens (tertiary/aromatic N) is 1. The van der Waals surface area contributed by atoms with E-state index in [-0.39, 0.29) is 17.8 Å². The first-order chi connectivity index (χ1) is 12.1. The maximum absolute atomic E-state index is 12.9. The van der Waals surface area contributed by atoms with Crippen LogP contribution in [-0.2, 0) is 11.3 Å². The van der Waals surface area contributed by atoms with Crippen LogP contribution in [0.2, 0.25) is 0 Å². The predicted octanol–water partition coefficient (Wildman–Crippen LogP) is 2.88. The van der Waals surface area contributed by atoms with E-state index in [1.54, 1.807) is 49.5 Å². The van der Waals surface area contributed by atoms with E-state index in [4.69, 9.17) is 14.2 Å². The summed E-state index contributed by atoms with van der Waals surface area (Å²) in [7, 11) is 3.10. The summed E-state index contributed by atoms with van der Waals surface area (Å²) in [6, 6.07) is 11.3. The van der Waals surface area contributed by atoms with E-state index in [1.807, 2.05) is 0 Å². The average Bonchev–Trinajstić information content (AvgIpc) is 2.61. The maximum Gasteiger partial charge on any atom is 0.254 e. The number of benzene rings is 2. The summed E-state index contributed by atoms with van der Waals surface area (Å²) in [6.45, 7) is 1.46. The first-order valence-electron chi connectivity index (χ1n) is 7.97. The number of carbonyl (C=O) groups excluding carboxylic acids is 1. The lowest BCUT2D eigenvalue weighted by Crippen LogP contribution is -2.54. The van der Waals surface area contributed by atoms with Gasteiger partial charge in [-0.2, -0.15) is 0 Å². The van der Waals surface area contributed by atoms with Gasteiger partial charge in [0.05, 0.1) is 26.9 Å². The van der Waals surface area contributed by atoms with E-state index >= 15 is 0 Å². The molecule has 25 heavy (non-hydrogen) atoms. The first-order valence-corrected chi connectivity index (χ1v) is 7.97. The molecular formula is C19H20FNO4. The topological polar surface area (TPSA) is 48.0 Å². The molecule has 1 aliphatic rings. The van der Waals surface area contributed by atoms with Crippen molar-refractivity contribution in [1.82, 2.24) is 4.90 Å². The van der Waals surface area contributed by atoms with E-state index in [0.717, 1.165) is 5.56 Å². The van der Waals surface area contributed by atoms with Crippen LogP contribution in [0.5, 0.6) is 11.5 Å². The molecule has 1 aliphatic heterocycles. The second-order valence-electron chi connectivity index (χ2n) is 5.87. The summed E-state index contributed by atoms with van der Waals surface area (Å²) in [5.74, 6) is 0.802. The molecule has 132 valence electrons. The van der Waals surface area contributed by atoms with Crippen LogP contribution in [0.25, 0.3) is 0 Å². The van der Waals surface area contributed by atoms with Crippen LogP contribution in [0.1, 0.15) is 15.9 Å². The Hall–Kier alpha value is -2.60. The Kier molecular flexibility index (Phi) is 5.19. The summed E-state index contributed by atoms with van der Waals surface area (Å²) in [6.07, 6.45) is -0.0125. The Morgan fingerprint density at radius 2 is 1.68 bits per heavy atom. The maximum atomic E-state index is 12.9. The van der Waals surface area contributed by atoms with E-state index in [0.29, 0.717) is 36.8 Å². The van der Waals surface area contributed by atoms with Gasteiger partial charge in [-0.1, -0.05) is 12.1 Å². The summed E-state index contributed by atoms with van der Waals surface area (Å²) >= 11 is 0. The summed E-state index contributed by atoms with van der Waals surface area (Å²) in [5.41, 5.74) is 1.43. The number of halogens is 1. The molecule has 0 N–H and O–H groups in total. The second-order valence-corrected chi connectivity index (χ2v) is 5.87. The molecule has 2 aromatic carbocycles. The third-order valence-corrected chi connectivity index (χ3v) is 4.13. The van der Waals surface area contributed by atoms with Crippen molar-refractivity contribution in [2.45, 2.75) is 12.7 Å². The lowest BCUT2D eigenvalue weighted by atomic mass is 10.1. The molecule has 3 rings (SSSR count). The van der Waals surface area contributed by atoms with Crippen molar-refractivity contribution in [2.24, 2.45) is 0 Å². The lowest BCUT2D eigenvalue weighted by molar-refractivity contribution is -0.0503. The van der Waals surface area contributed by atoms with Crippen molar-refractivity contribution >= 4 is 5.91 Å². The van der Waals surface area contributed by atoms with Gasteiger partial charge >= 0.3 is 0 Å². The molecule has 0 spiro atoms. The third kappa shape index (κ3) is 4.09. The van der Waals surface area contributed by atoms with Crippen molar-refractivity contribution in [1.29, 1.82) is 0 Å². The van der Waals surface area contributed by atoms with Gasteiger partial charge in [-0.15, -0.1) is 0 Å². The molecule has 1 amide bonds. The lowest BCUT2D eigenvalue weighted by Gasteiger charge is -2.39. The van der Waals surface area contributed by atoms with Gasteiger partial charge in [0.15, 0.2) is 0 Å². The molecule has 0 aliphatic carbocycles. The summed E-state index contributed by atoms with van der Waals surface area (Å²) in [4.78, 5) is 14.2. The molecule has 0 saturated carbocycles. The number of ether oxygens (including phenoxy) is 3. The summed E-state index contributed by atoms with van der Waals surface area (Å²) in [5, 5.41) is 0. The average molecular weight is 345 g/mol. The highest BCUT2D eigenvalue weighted by molar-refractivity contribution is 5.95. The normalized spacial score (nSPS) is 14.1. The molecular weight excluding hydrogens is 325 g/mol. The molecule has 1 saturated heterocycles. The van der Waals surface area contributed by atoms with Crippen molar-refractivity contribution in [3.05, 3.63) is 59.4 Å². The molecule has 1 fully saturated rings. The summed E-state index contributed by atoms with van der Waals surface area (Å²) < 4.78 is 29.0. The standard InChI is InChI=1S/C19H20FNO4/c1-23-16-7-14(8-17(9-16)24-2)19(22)21-10-18(11-21)25-12-13-3-5-15(20)6-4-13/h3-9,18H,10-12H2,1-2H3. The fourth-order valence-corrected chi connectivity index (χ4v) is 2.62. The van der Waals surface area contributed by atoms with Crippen LogP contribution < -0.4 is 9.47 Å². The Morgan fingerprint density at radius 1 is 1.08 bits per heavy atom. The van der Waals surface area contributed by atoms with Gasteiger partial charge in [0.2, 0.25) is 0 Å². The Morgan fingerprint density at radius 3 is 2.24 bits per heavy atom. The van der Waals surface area contributed by atoms with Crippen LogP contribution >= 0.6 is 0 Å². The Balaban J connectivity index is 1.53. The highest BCUT2D eigenvalue weighted by Crippen LogP contribution is 2.25. The zero-order valence-corrected chi connectivity index (χ0v) is 14.2. The smallest absolute Gasteiger partial charge is 0.254 e. The van der Waals surface area contributed by atoms with Crippen molar-refractivity contribution in [3.8, 4) is 11.5 Å². The monoisotopic (exact) mass is 345 g/mol. The van der Waals surface area contributed by atoms with Crippen LogP contribution in [0.3, 0.4) is 0 Å². The molecule has 0 unspecified atom stereocenters.